The number of hydrogen-bond acceptors (Lipinski definition) is 0. The molecule has 0 saturated carbocycles. The van der Waals surface area contributed by atoms with E-state index >= 15 is 0 Å². The topological polar surface area (TPSA) is 0 Å². The summed E-state index contributed by atoms with van der Waals surface area (Å²) in [6.07, 6.45) is 0. The summed E-state index contributed by atoms with van der Waals surface area (Å²) < 4.78 is 0. The summed E-state index contributed by atoms with van der Waals surface area (Å²) >= 11 is 2.51. The maximum absolute atomic E-state index is 3.58. The molecule has 0 aromatic rings. The first-order chi connectivity index (χ1) is 2.81. The van der Waals surface area contributed by atoms with Crippen LogP contribution in [0.2, 0.25) is 0 Å². The second-order valence-electron chi connectivity index (χ2n) is 0.709. The Bertz CT molecular complexity index is 52.6. The average molecular weight is 209 g/mol. The molecule has 0 aromatic carbocycles. The number of rotatable bonds is 2. The van der Waals surface area contributed by atoms with Gasteiger partial charge in [0.2, 0.25) is 0 Å². The summed E-state index contributed by atoms with van der Waals surface area (Å²) in [7, 11) is 0. The Kier molecular flexibility index (Phi) is 4.02. The molecule has 0 spiro atoms. The number of halogens is 1. The molecule has 6 heavy (non-hydrogen) atoms. The van der Waals surface area contributed by atoms with Gasteiger partial charge in [-0.05, 0) is 0 Å². The SMILES string of the molecule is C=C[As](Br)C=C. The molecule has 0 unspecified atom stereocenters. The molecule has 0 aliphatic carbocycles. The molecule has 0 radical (unpaired) electrons. The fourth-order valence-electron chi connectivity index (χ4n) is 0.0745. The predicted octanol–water partition coefficient (Wildman–Crippen LogP) is 1.82. The normalized spacial score (nSPS) is 8.33. The van der Waals surface area contributed by atoms with Gasteiger partial charge in [0, 0.05) is 0 Å². The van der Waals surface area contributed by atoms with Crippen LogP contribution < -0.4 is 0 Å². The van der Waals surface area contributed by atoms with Crippen molar-refractivity contribution in [3.05, 3.63) is 22.9 Å². The van der Waals surface area contributed by atoms with Gasteiger partial charge in [0.25, 0.3) is 0 Å². The summed E-state index contributed by atoms with van der Waals surface area (Å²) in [5.74, 6) is 0. The molecule has 34 valence electrons. The van der Waals surface area contributed by atoms with Crippen molar-refractivity contribution in [1.82, 2.24) is 0 Å². The van der Waals surface area contributed by atoms with Crippen LogP contribution >= 0.6 is 13.9 Å². The summed E-state index contributed by atoms with van der Waals surface area (Å²) in [6, 6.07) is 0. The Labute approximate surface area is 49.8 Å². The molecule has 0 amide bonds. The molecule has 2 heteroatoms. The van der Waals surface area contributed by atoms with Gasteiger partial charge in [0.15, 0.2) is 0 Å². The van der Waals surface area contributed by atoms with Crippen molar-refractivity contribution in [1.29, 1.82) is 0 Å². The van der Waals surface area contributed by atoms with E-state index < -0.39 is 12.8 Å². The minimum absolute atomic E-state index is 0.875. The van der Waals surface area contributed by atoms with E-state index in [-0.39, 0.29) is 0 Å². The van der Waals surface area contributed by atoms with E-state index in [0.717, 1.165) is 0 Å². The van der Waals surface area contributed by atoms with Gasteiger partial charge in [-0.2, -0.15) is 0 Å². The molecule has 0 aromatic heterocycles. The zero-order valence-corrected chi connectivity index (χ0v) is 6.86. The Morgan fingerprint density at radius 1 is 1.33 bits per heavy atom. The van der Waals surface area contributed by atoms with E-state index in [0.29, 0.717) is 0 Å². The van der Waals surface area contributed by atoms with Crippen LogP contribution in [0.1, 0.15) is 0 Å². The monoisotopic (exact) mass is 208 g/mol. The molecule has 0 nitrogen and oxygen atoms in total. The molecular formula is C4H6AsBr. The quantitative estimate of drug-likeness (QED) is 0.608. The van der Waals surface area contributed by atoms with Gasteiger partial charge in [0.05, 0.1) is 0 Å². The summed E-state index contributed by atoms with van der Waals surface area (Å²) in [4.78, 5) is 3.83. The Balaban J connectivity index is 3.21. The first-order valence-electron chi connectivity index (χ1n) is 1.50. The van der Waals surface area contributed by atoms with Crippen LogP contribution in [-0.2, 0) is 0 Å². The third-order valence-electron chi connectivity index (χ3n) is 0.349. The van der Waals surface area contributed by atoms with Crippen LogP contribution in [-0.4, -0.2) is 12.8 Å². The van der Waals surface area contributed by atoms with Crippen LogP contribution in [0.15, 0.2) is 22.9 Å². The summed E-state index contributed by atoms with van der Waals surface area (Å²) in [5.41, 5.74) is 0. The second kappa shape index (κ2) is 3.70. The second-order valence-corrected chi connectivity index (χ2v) is 7.94. The van der Waals surface area contributed by atoms with Gasteiger partial charge in [-0.15, -0.1) is 0 Å². The van der Waals surface area contributed by atoms with E-state index in [1.54, 1.807) is 0 Å². The number of hydrogen-bond donors (Lipinski definition) is 0. The van der Waals surface area contributed by atoms with Crippen molar-refractivity contribution in [3.8, 4) is 0 Å². The minimum atomic E-state index is -0.875. The fourth-order valence-corrected chi connectivity index (χ4v) is 0.387. The summed E-state index contributed by atoms with van der Waals surface area (Å²) in [6.45, 7) is 7.16. The van der Waals surface area contributed by atoms with E-state index in [1.165, 1.54) is 0 Å². The van der Waals surface area contributed by atoms with Crippen LogP contribution in [0.25, 0.3) is 0 Å². The Morgan fingerprint density at radius 3 is 1.67 bits per heavy atom. The molecule has 0 bridgehead atoms. The van der Waals surface area contributed by atoms with E-state index in [4.69, 9.17) is 0 Å². The molecular weight excluding hydrogens is 203 g/mol. The van der Waals surface area contributed by atoms with Gasteiger partial charge in [0.1, 0.15) is 0 Å². The predicted molar refractivity (Wildman–Crippen MR) is 35.1 cm³/mol. The van der Waals surface area contributed by atoms with Gasteiger partial charge in [-0.25, -0.2) is 0 Å². The van der Waals surface area contributed by atoms with Crippen molar-refractivity contribution in [2.24, 2.45) is 0 Å². The first-order valence-corrected chi connectivity index (χ1v) is 8.06. The van der Waals surface area contributed by atoms with Gasteiger partial charge in [-0.1, -0.05) is 0 Å². The van der Waals surface area contributed by atoms with Crippen LogP contribution in [0, 0.1) is 0 Å². The molecule has 0 fully saturated rings. The average Bonchev–Trinajstić information content (AvgIpc) is 1.65. The third kappa shape index (κ3) is 2.74. The molecule has 0 saturated heterocycles. The van der Waals surface area contributed by atoms with E-state index in [1.807, 2.05) is 9.73 Å². The summed E-state index contributed by atoms with van der Waals surface area (Å²) in [5, 5.41) is 0. The Morgan fingerprint density at radius 2 is 1.67 bits per heavy atom. The van der Waals surface area contributed by atoms with E-state index in [2.05, 4.69) is 27.1 Å². The van der Waals surface area contributed by atoms with Crippen molar-refractivity contribution < 1.29 is 0 Å². The third-order valence-corrected chi connectivity index (χ3v) is 4.82. The van der Waals surface area contributed by atoms with Crippen LogP contribution in [0.5, 0.6) is 0 Å². The molecule has 0 N–H and O–H groups in total. The van der Waals surface area contributed by atoms with Crippen LogP contribution in [0.3, 0.4) is 0 Å². The van der Waals surface area contributed by atoms with Crippen LogP contribution in [0.4, 0.5) is 0 Å². The van der Waals surface area contributed by atoms with E-state index in [9.17, 15) is 0 Å². The van der Waals surface area contributed by atoms with Crippen molar-refractivity contribution in [3.63, 3.8) is 0 Å². The molecule has 0 rings (SSSR count). The molecule has 0 heterocycles. The zero-order valence-electron chi connectivity index (χ0n) is 3.39. The van der Waals surface area contributed by atoms with Crippen molar-refractivity contribution in [2.75, 3.05) is 0 Å². The first kappa shape index (κ1) is 6.52. The Hall–Kier alpha value is 0.518. The van der Waals surface area contributed by atoms with Gasteiger partial charge in [-0.3, -0.25) is 0 Å². The molecule has 0 aliphatic heterocycles. The maximum atomic E-state index is 3.58. The standard InChI is InChI=1S/C4H6AsBr/c1-3-5(6)4-2/h3-4H,1-2H2. The van der Waals surface area contributed by atoms with Gasteiger partial charge < -0.3 is 0 Å². The fraction of sp³-hybridized carbons (Fsp3) is 0. The molecule has 0 atom stereocenters. The van der Waals surface area contributed by atoms with Gasteiger partial charge >= 0.3 is 49.6 Å². The van der Waals surface area contributed by atoms with Crippen molar-refractivity contribution >= 4 is 26.7 Å². The molecule has 0 aliphatic rings. The zero-order chi connectivity index (χ0) is 4.99. The van der Waals surface area contributed by atoms with Crippen molar-refractivity contribution in [2.45, 2.75) is 0 Å².